The summed E-state index contributed by atoms with van der Waals surface area (Å²) < 4.78 is 1.81. The molecular formula is C14H19ClN5+. The van der Waals surface area contributed by atoms with Gasteiger partial charge in [0.1, 0.15) is 6.54 Å². The van der Waals surface area contributed by atoms with E-state index >= 15 is 0 Å². The van der Waals surface area contributed by atoms with E-state index < -0.39 is 0 Å². The van der Waals surface area contributed by atoms with Crippen LogP contribution in [0.15, 0.2) is 24.3 Å². The molecule has 1 N–H and O–H groups in total. The van der Waals surface area contributed by atoms with Gasteiger partial charge in [0, 0.05) is 5.02 Å². The van der Waals surface area contributed by atoms with Crippen LogP contribution in [0.5, 0.6) is 0 Å². The highest BCUT2D eigenvalue weighted by Crippen LogP contribution is 2.13. The molecule has 0 atom stereocenters. The number of aromatic nitrogens is 4. The number of likely N-dealkylation sites (tertiary alicyclic amines) is 1. The van der Waals surface area contributed by atoms with Crippen molar-refractivity contribution in [3.05, 3.63) is 35.1 Å². The minimum Gasteiger partial charge on any atom is -0.328 e. The summed E-state index contributed by atoms with van der Waals surface area (Å²) in [7, 11) is 0. The van der Waals surface area contributed by atoms with E-state index in [2.05, 4.69) is 22.4 Å². The zero-order valence-corrected chi connectivity index (χ0v) is 12.3. The molecule has 106 valence electrons. The van der Waals surface area contributed by atoms with Crippen LogP contribution in [0.2, 0.25) is 5.02 Å². The lowest BCUT2D eigenvalue weighted by molar-refractivity contribution is -0.920. The molecule has 0 saturated carbocycles. The molecule has 1 aliphatic heterocycles. The molecule has 0 unspecified atom stereocenters. The fraction of sp³-hybridized carbons (Fsp3) is 0.500. The van der Waals surface area contributed by atoms with Gasteiger partial charge < -0.3 is 4.90 Å². The van der Waals surface area contributed by atoms with E-state index in [0.29, 0.717) is 0 Å². The highest BCUT2D eigenvalue weighted by atomic mass is 35.5. The number of benzene rings is 1. The quantitative estimate of drug-likeness (QED) is 0.923. The average molecular weight is 293 g/mol. The minimum absolute atomic E-state index is 0.721. The van der Waals surface area contributed by atoms with Crippen molar-refractivity contribution in [2.45, 2.75) is 26.3 Å². The molecule has 0 bridgehead atoms. The highest BCUT2D eigenvalue weighted by Gasteiger charge is 2.21. The summed E-state index contributed by atoms with van der Waals surface area (Å²) in [5.41, 5.74) is 0.958. The van der Waals surface area contributed by atoms with Crippen molar-refractivity contribution >= 4 is 11.6 Å². The molecule has 0 amide bonds. The van der Waals surface area contributed by atoms with Gasteiger partial charge in [0.2, 0.25) is 5.82 Å². The predicted molar refractivity (Wildman–Crippen MR) is 77.0 cm³/mol. The van der Waals surface area contributed by atoms with Gasteiger partial charge in [-0.1, -0.05) is 18.5 Å². The van der Waals surface area contributed by atoms with E-state index in [-0.39, 0.29) is 0 Å². The number of nitrogens with zero attached hydrogens (tertiary/aromatic N) is 4. The van der Waals surface area contributed by atoms with Gasteiger partial charge >= 0.3 is 0 Å². The lowest BCUT2D eigenvalue weighted by Crippen LogP contribution is -3.11. The second kappa shape index (κ2) is 5.89. The Morgan fingerprint density at radius 3 is 2.65 bits per heavy atom. The van der Waals surface area contributed by atoms with Crippen LogP contribution in [-0.2, 0) is 6.54 Å². The fourth-order valence-electron chi connectivity index (χ4n) is 2.67. The number of tetrazole rings is 1. The van der Waals surface area contributed by atoms with Gasteiger partial charge in [0.05, 0.1) is 18.8 Å². The molecule has 1 fully saturated rings. The molecule has 1 saturated heterocycles. The molecule has 5 nitrogen and oxygen atoms in total. The van der Waals surface area contributed by atoms with Crippen LogP contribution in [0.25, 0.3) is 5.69 Å². The molecule has 6 heteroatoms. The first-order valence-electron chi connectivity index (χ1n) is 7.09. The average Bonchev–Trinajstić information content (AvgIpc) is 2.90. The van der Waals surface area contributed by atoms with Gasteiger partial charge in [0.25, 0.3) is 0 Å². The van der Waals surface area contributed by atoms with Gasteiger partial charge in [-0.25, -0.2) is 0 Å². The molecular weight excluding hydrogens is 274 g/mol. The standard InChI is InChI=1S/C14H18ClN5/c1-11-6-8-19(9-7-11)10-14-16-17-18-20(14)13-4-2-12(15)3-5-13/h2-5,11H,6-10H2,1H3/p+1. The second-order valence-electron chi connectivity index (χ2n) is 5.59. The van der Waals surface area contributed by atoms with Crippen LogP contribution in [0.3, 0.4) is 0 Å². The summed E-state index contributed by atoms with van der Waals surface area (Å²) >= 11 is 5.92. The largest absolute Gasteiger partial charge is 0.328 e. The molecule has 2 aromatic rings. The van der Waals surface area contributed by atoms with Gasteiger partial charge in [-0.2, -0.15) is 4.68 Å². The van der Waals surface area contributed by atoms with Crippen molar-refractivity contribution in [2.24, 2.45) is 5.92 Å². The van der Waals surface area contributed by atoms with E-state index in [1.54, 1.807) is 9.58 Å². The SMILES string of the molecule is CC1CC[NH+](Cc2nnnn2-c2ccc(Cl)cc2)CC1. The third-order valence-corrected chi connectivity index (χ3v) is 4.25. The molecule has 1 aromatic heterocycles. The van der Waals surface area contributed by atoms with Crippen LogP contribution < -0.4 is 4.90 Å². The number of hydrogen-bond donors (Lipinski definition) is 1. The predicted octanol–water partition coefficient (Wildman–Crippen LogP) is 1.13. The van der Waals surface area contributed by atoms with Crippen molar-refractivity contribution in [1.29, 1.82) is 0 Å². The van der Waals surface area contributed by atoms with Crippen molar-refractivity contribution in [3.8, 4) is 5.69 Å². The van der Waals surface area contributed by atoms with Gasteiger partial charge in [-0.15, -0.1) is 5.10 Å². The zero-order chi connectivity index (χ0) is 13.9. The van der Waals surface area contributed by atoms with Crippen LogP contribution in [0, 0.1) is 5.92 Å². The summed E-state index contributed by atoms with van der Waals surface area (Å²) in [4.78, 5) is 1.56. The molecule has 3 rings (SSSR count). The minimum atomic E-state index is 0.721. The monoisotopic (exact) mass is 292 g/mol. The number of quaternary nitrogens is 1. The number of piperidine rings is 1. The van der Waals surface area contributed by atoms with Gasteiger partial charge in [-0.3, -0.25) is 0 Å². The van der Waals surface area contributed by atoms with Crippen molar-refractivity contribution < 1.29 is 4.90 Å². The van der Waals surface area contributed by atoms with Crippen LogP contribution in [-0.4, -0.2) is 33.3 Å². The Morgan fingerprint density at radius 2 is 1.95 bits per heavy atom. The Hall–Kier alpha value is -1.46. The Morgan fingerprint density at radius 1 is 1.25 bits per heavy atom. The van der Waals surface area contributed by atoms with E-state index in [4.69, 9.17) is 11.6 Å². The number of rotatable bonds is 3. The lowest BCUT2D eigenvalue weighted by atomic mass is 9.99. The molecule has 1 aromatic carbocycles. The normalized spacial score (nSPS) is 22.9. The summed E-state index contributed by atoms with van der Waals surface area (Å²) in [5.74, 6) is 1.77. The van der Waals surface area contributed by atoms with Gasteiger partial charge in [-0.05, 0) is 53.5 Å². The summed E-state index contributed by atoms with van der Waals surface area (Å²) in [6, 6.07) is 7.60. The first kappa shape index (κ1) is 13.5. The maximum atomic E-state index is 5.92. The van der Waals surface area contributed by atoms with Crippen LogP contribution in [0.4, 0.5) is 0 Å². The summed E-state index contributed by atoms with van der Waals surface area (Å²) in [6.45, 7) is 5.61. The smallest absolute Gasteiger partial charge is 0.210 e. The molecule has 20 heavy (non-hydrogen) atoms. The third kappa shape index (κ3) is 2.99. The number of halogens is 1. The first-order chi connectivity index (χ1) is 9.72. The maximum absolute atomic E-state index is 5.92. The van der Waals surface area contributed by atoms with Crippen molar-refractivity contribution in [3.63, 3.8) is 0 Å². The van der Waals surface area contributed by atoms with E-state index in [9.17, 15) is 0 Å². The van der Waals surface area contributed by atoms with Crippen molar-refractivity contribution in [2.75, 3.05) is 13.1 Å². The Bertz CT molecular complexity index is 557. The topological polar surface area (TPSA) is 48.0 Å². The highest BCUT2D eigenvalue weighted by molar-refractivity contribution is 6.30. The third-order valence-electron chi connectivity index (χ3n) is 3.99. The second-order valence-corrected chi connectivity index (χ2v) is 6.03. The summed E-state index contributed by atoms with van der Waals surface area (Å²) in [6.07, 6.45) is 2.58. The number of hydrogen-bond acceptors (Lipinski definition) is 3. The summed E-state index contributed by atoms with van der Waals surface area (Å²) in [5, 5.41) is 12.8. The van der Waals surface area contributed by atoms with Crippen molar-refractivity contribution in [1.82, 2.24) is 20.2 Å². The molecule has 1 aliphatic rings. The maximum Gasteiger partial charge on any atom is 0.210 e. The zero-order valence-electron chi connectivity index (χ0n) is 11.6. The number of nitrogens with one attached hydrogen (secondary N) is 1. The lowest BCUT2D eigenvalue weighted by Gasteiger charge is -2.26. The molecule has 0 aliphatic carbocycles. The van der Waals surface area contributed by atoms with E-state index in [0.717, 1.165) is 29.0 Å². The Balaban J connectivity index is 1.75. The fourth-order valence-corrected chi connectivity index (χ4v) is 2.80. The van der Waals surface area contributed by atoms with Crippen LogP contribution in [0.1, 0.15) is 25.6 Å². The van der Waals surface area contributed by atoms with E-state index in [1.807, 2.05) is 24.3 Å². The van der Waals surface area contributed by atoms with Gasteiger partial charge in [0.15, 0.2) is 0 Å². The molecule has 0 spiro atoms. The molecule has 0 radical (unpaired) electrons. The van der Waals surface area contributed by atoms with Crippen LogP contribution >= 0.6 is 11.6 Å². The molecule has 2 heterocycles. The Labute approximate surface area is 123 Å². The Kier molecular flexibility index (Phi) is 3.98. The van der Waals surface area contributed by atoms with E-state index in [1.165, 1.54) is 25.9 Å². The first-order valence-corrected chi connectivity index (χ1v) is 7.47.